The first-order valence-corrected chi connectivity index (χ1v) is 10.1. The Balaban J connectivity index is 1.68. The monoisotopic (exact) mass is 427 g/mol. The fourth-order valence-electron chi connectivity index (χ4n) is 3.18. The van der Waals surface area contributed by atoms with Crippen LogP contribution in [-0.2, 0) is 11.2 Å². The van der Waals surface area contributed by atoms with Crippen LogP contribution in [0.5, 0.6) is 0 Å². The molecule has 152 valence electrons. The van der Waals surface area contributed by atoms with E-state index in [1.807, 2.05) is 11.8 Å². The SMILES string of the molecule is CCc1[nH]c(C(=O)N[C@@H]2CCN(c3nc(C(=O)O)c(C)s3)C[C@@H]2OC)nc1Cl. The summed E-state index contributed by atoms with van der Waals surface area (Å²) in [5.74, 6) is -1.19. The van der Waals surface area contributed by atoms with Crippen LogP contribution >= 0.6 is 22.9 Å². The van der Waals surface area contributed by atoms with Crippen LogP contribution in [0.4, 0.5) is 5.13 Å². The van der Waals surface area contributed by atoms with Crippen molar-refractivity contribution in [3.05, 3.63) is 27.2 Å². The Bertz CT molecular complexity index is 883. The molecule has 0 aliphatic carbocycles. The number of hydrogen-bond donors (Lipinski definition) is 3. The molecule has 1 fully saturated rings. The zero-order chi connectivity index (χ0) is 20.4. The van der Waals surface area contributed by atoms with Crippen LogP contribution in [0, 0.1) is 6.92 Å². The van der Waals surface area contributed by atoms with Crippen LogP contribution in [0.2, 0.25) is 5.15 Å². The number of methoxy groups -OCH3 is 1. The number of thiazole rings is 1. The summed E-state index contributed by atoms with van der Waals surface area (Å²) in [7, 11) is 1.59. The molecule has 2 aromatic rings. The summed E-state index contributed by atoms with van der Waals surface area (Å²) in [5, 5.41) is 13.1. The molecule has 1 aliphatic heterocycles. The number of anilines is 1. The Morgan fingerprint density at radius 1 is 1.46 bits per heavy atom. The first-order chi connectivity index (χ1) is 13.3. The van der Waals surface area contributed by atoms with Gasteiger partial charge in [0.25, 0.3) is 5.91 Å². The van der Waals surface area contributed by atoms with Gasteiger partial charge in [-0.25, -0.2) is 14.8 Å². The number of imidazole rings is 1. The van der Waals surface area contributed by atoms with E-state index in [0.717, 1.165) is 5.69 Å². The Hall–Kier alpha value is -2.17. The predicted octanol–water partition coefficient (Wildman–Crippen LogP) is 2.11. The van der Waals surface area contributed by atoms with Crippen molar-refractivity contribution in [1.29, 1.82) is 0 Å². The summed E-state index contributed by atoms with van der Waals surface area (Å²) < 4.78 is 5.57. The molecule has 0 bridgehead atoms. The molecule has 28 heavy (non-hydrogen) atoms. The number of nitrogens with zero attached hydrogens (tertiary/aromatic N) is 3. The highest BCUT2D eigenvalue weighted by atomic mass is 35.5. The number of carboxylic acids is 1. The lowest BCUT2D eigenvalue weighted by molar-refractivity contribution is 0.0538. The van der Waals surface area contributed by atoms with Crippen molar-refractivity contribution >= 4 is 39.9 Å². The molecule has 0 unspecified atom stereocenters. The van der Waals surface area contributed by atoms with Gasteiger partial charge in [0.05, 0.1) is 17.8 Å². The Labute approximate surface area is 171 Å². The standard InChI is InChI=1S/C17H22ClN5O4S/c1-4-9-13(18)22-14(19-9)15(24)20-10-5-6-23(7-11(10)27-3)17-21-12(16(25)26)8(2)28-17/h10-11H,4-7H2,1-3H3,(H,19,22)(H,20,24)(H,25,26)/t10-,11+/m1/s1. The lowest BCUT2D eigenvalue weighted by Gasteiger charge is -2.37. The number of piperidine rings is 1. The number of ether oxygens (including phenoxy) is 1. The largest absolute Gasteiger partial charge is 0.476 e. The van der Waals surface area contributed by atoms with E-state index in [0.29, 0.717) is 41.1 Å². The number of carbonyl (C=O) groups excluding carboxylic acids is 1. The van der Waals surface area contributed by atoms with Crippen molar-refractivity contribution in [3.63, 3.8) is 0 Å². The Morgan fingerprint density at radius 3 is 2.79 bits per heavy atom. The van der Waals surface area contributed by atoms with Gasteiger partial charge >= 0.3 is 5.97 Å². The molecule has 3 heterocycles. The fourth-order valence-corrected chi connectivity index (χ4v) is 4.38. The van der Waals surface area contributed by atoms with E-state index in [1.165, 1.54) is 11.3 Å². The van der Waals surface area contributed by atoms with E-state index in [2.05, 4.69) is 20.3 Å². The molecule has 0 saturated carbocycles. The number of carbonyl (C=O) groups is 2. The maximum absolute atomic E-state index is 12.5. The van der Waals surface area contributed by atoms with Crippen molar-refractivity contribution in [1.82, 2.24) is 20.3 Å². The second-order valence-electron chi connectivity index (χ2n) is 6.50. The van der Waals surface area contributed by atoms with E-state index in [-0.39, 0.29) is 29.6 Å². The molecule has 9 nitrogen and oxygen atoms in total. The minimum absolute atomic E-state index is 0.0748. The number of hydrogen-bond acceptors (Lipinski definition) is 7. The van der Waals surface area contributed by atoms with Gasteiger partial charge in [0.15, 0.2) is 21.8 Å². The number of rotatable bonds is 6. The van der Waals surface area contributed by atoms with E-state index in [9.17, 15) is 14.7 Å². The summed E-state index contributed by atoms with van der Waals surface area (Å²) in [5.41, 5.74) is 0.795. The molecular weight excluding hydrogens is 406 g/mol. The van der Waals surface area contributed by atoms with Gasteiger partial charge < -0.3 is 25.0 Å². The zero-order valence-corrected chi connectivity index (χ0v) is 17.4. The van der Waals surface area contributed by atoms with Gasteiger partial charge in [-0.3, -0.25) is 4.79 Å². The molecule has 3 rings (SSSR count). The van der Waals surface area contributed by atoms with Gasteiger partial charge in [-0.05, 0) is 19.8 Å². The highest BCUT2D eigenvalue weighted by molar-refractivity contribution is 7.15. The first kappa shape index (κ1) is 20.6. The highest BCUT2D eigenvalue weighted by Gasteiger charge is 2.33. The van der Waals surface area contributed by atoms with E-state index < -0.39 is 5.97 Å². The minimum atomic E-state index is -1.03. The molecule has 0 aromatic carbocycles. The van der Waals surface area contributed by atoms with Crippen LogP contribution in [-0.4, -0.2) is 64.3 Å². The van der Waals surface area contributed by atoms with Crippen molar-refractivity contribution < 1.29 is 19.4 Å². The molecule has 1 amide bonds. The van der Waals surface area contributed by atoms with Crippen LogP contribution in [0.1, 0.15) is 45.0 Å². The van der Waals surface area contributed by atoms with Gasteiger partial charge in [-0.15, -0.1) is 11.3 Å². The summed E-state index contributed by atoms with van der Waals surface area (Å²) in [4.78, 5) is 37.6. The van der Waals surface area contributed by atoms with Crippen molar-refractivity contribution in [2.45, 2.75) is 38.8 Å². The Kier molecular flexibility index (Phi) is 6.21. The smallest absolute Gasteiger partial charge is 0.355 e. The number of aromatic nitrogens is 3. The minimum Gasteiger partial charge on any atom is -0.476 e. The number of aromatic amines is 1. The van der Waals surface area contributed by atoms with Crippen LogP contribution in [0.25, 0.3) is 0 Å². The van der Waals surface area contributed by atoms with E-state index >= 15 is 0 Å². The molecular formula is C17H22ClN5O4S. The number of amides is 1. The van der Waals surface area contributed by atoms with Crippen LogP contribution < -0.4 is 10.2 Å². The van der Waals surface area contributed by atoms with Gasteiger partial charge in [0.2, 0.25) is 0 Å². The molecule has 2 atom stereocenters. The highest BCUT2D eigenvalue weighted by Crippen LogP contribution is 2.29. The van der Waals surface area contributed by atoms with Gasteiger partial charge in [-0.1, -0.05) is 18.5 Å². The number of nitrogens with one attached hydrogen (secondary N) is 2. The van der Waals surface area contributed by atoms with E-state index in [4.69, 9.17) is 16.3 Å². The lowest BCUT2D eigenvalue weighted by Crippen LogP contribution is -2.55. The summed E-state index contributed by atoms with van der Waals surface area (Å²) in [6.07, 6.45) is 1.01. The maximum Gasteiger partial charge on any atom is 0.355 e. The molecule has 11 heteroatoms. The topological polar surface area (TPSA) is 120 Å². The van der Waals surface area contributed by atoms with Crippen molar-refractivity contribution in [2.75, 3.05) is 25.1 Å². The quantitative estimate of drug-likeness (QED) is 0.645. The number of aryl methyl sites for hydroxylation is 2. The molecule has 1 aliphatic rings. The second-order valence-corrected chi connectivity index (χ2v) is 8.04. The molecule has 1 saturated heterocycles. The number of aromatic carboxylic acids is 1. The summed E-state index contributed by atoms with van der Waals surface area (Å²) in [6.45, 7) is 4.78. The second kappa shape index (κ2) is 8.46. The first-order valence-electron chi connectivity index (χ1n) is 8.87. The van der Waals surface area contributed by atoms with Crippen LogP contribution in [0.3, 0.4) is 0 Å². The van der Waals surface area contributed by atoms with Gasteiger partial charge in [0, 0.05) is 25.1 Å². The fraction of sp³-hybridized carbons (Fsp3) is 0.529. The molecule has 2 aromatic heterocycles. The maximum atomic E-state index is 12.5. The molecule has 3 N–H and O–H groups in total. The third-order valence-electron chi connectivity index (χ3n) is 4.73. The number of carboxylic acid groups (broad SMARTS) is 1. The number of halogens is 1. The van der Waals surface area contributed by atoms with Crippen molar-refractivity contribution in [2.24, 2.45) is 0 Å². The van der Waals surface area contributed by atoms with E-state index in [1.54, 1.807) is 14.0 Å². The third-order valence-corrected chi connectivity index (χ3v) is 6.08. The third kappa shape index (κ3) is 4.13. The summed E-state index contributed by atoms with van der Waals surface area (Å²) in [6, 6.07) is -0.206. The Morgan fingerprint density at radius 2 is 2.21 bits per heavy atom. The molecule has 0 spiro atoms. The summed E-state index contributed by atoms with van der Waals surface area (Å²) >= 11 is 7.35. The zero-order valence-electron chi connectivity index (χ0n) is 15.8. The van der Waals surface area contributed by atoms with Gasteiger partial charge in [-0.2, -0.15) is 0 Å². The van der Waals surface area contributed by atoms with Gasteiger partial charge in [0.1, 0.15) is 0 Å². The molecule has 0 radical (unpaired) electrons. The lowest BCUT2D eigenvalue weighted by atomic mass is 10.0. The predicted molar refractivity (Wildman–Crippen MR) is 106 cm³/mol. The van der Waals surface area contributed by atoms with Crippen LogP contribution in [0.15, 0.2) is 0 Å². The van der Waals surface area contributed by atoms with Crippen molar-refractivity contribution in [3.8, 4) is 0 Å². The average molecular weight is 428 g/mol. The average Bonchev–Trinajstić information content (AvgIpc) is 3.24. The number of H-pyrrole nitrogens is 1. The normalized spacial score (nSPS) is 19.6.